The molecule has 0 radical (unpaired) electrons. The van der Waals surface area contributed by atoms with Crippen molar-refractivity contribution in [3.05, 3.63) is 93.4 Å². The SMILES string of the molecule is Cc1nc2c(c(=O)n1C(c1ccccc1)c1ccccn1)CCN(C(=O)C(C)(C)C)C2. The first kappa shape index (κ1) is 21.0. The highest BCUT2D eigenvalue weighted by Gasteiger charge is 2.32. The number of hydrogen-bond donors (Lipinski definition) is 0. The van der Waals surface area contributed by atoms with E-state index < -0.39 is 5.41 Å². The molecule has 4 rings (SSSR count). The predicted molar refractivity (Wildman–Crippen MR) is 120 cm³/mol. The molecule has 1 amide bonds. The number of carbonyl (C=O) groups is 1. The van der Waals surface area contributed by atoms with Gasteiger partial charge in [0.1, 0.15) is 11.9 Å². The van der Waals surface area contributed by atoms with E-state index in [-0.39, 0.29) is 17.5 Å². The number of pyridine rings is 1. The van der Waals surface area contributed by atoms with E-state index in [0.29, 0.717) is 36.6 Å². The van der Waals surface area contributed by atoms with Crippen LogP contribution in [0.1, 0.15) is 55.2 Å². The van der Waals surface area contributed by atoms with Gasteiger partial charge < -0.3 is 4.90 Å². The number of benzene rings is 1. The van der Waals surface area contributed by atoms with Crippen LogP contribution >= 0.6 is 0 Å². The number of amides is 1. The topological polar surface area (TPSA) is 68.1 Å². The highest BCUT2D eigenvalue weighted by Crippen LogP contribution is 2.27. The molecule has 0 aliphatic carbocycles. The number of rotatable bonds is 3. The fourth-order valence-electron chi connectivity index (χ4n) is 4.20. The van der Waals surface area contributed by atoms with E-state index in [0.717, 1.165) is 11.3 Å². The van der Waals surface area contributed by atoms with Crippen LogP contribution in [0.3, 0.4) is 0 Å². The van der Waals surface area contributed by atoms with Crippen molar-refractivity contribution in [2.75, 3.05) is 6.54 Å². The zero-order valence-corrected chi connectivity index (χ0v) is 18.5. The van der Waals surface area contributed by atoms with Gasteiger partial charge in [0.05, 0.1) is 17.9 Å². The molecule has 0 saturated heterocycles. The van der Waals surface area contributed by atoms with Crippen molar-refractivity contribution in [2.24, 2.45) is 5.41 Å². The Kier molecular flexibility index (Phi) is 5.48. The Morgan fingerprint density at radius 2 is 1.77 bits per heavy atom. The van der Waals surface area contributed by atoms with Gasteiger partial charge >= 0.3 is 0 Å². The molecule has 1 aromatic carbocycles. The summed E-state index contributed by atoms with van der Waals surface area (Å²) in [7, 11) is 0. The van der Waals surface area contributed by atoms with Crippen LogP contribution in [-0.2, 0) is 17.8 Å². The Morgan fingerprint density at radius 1 is 1.06 bits per heavy atom. The van der Waals surface area contributed by atoms with E-state index in [1.165, 1.54) is 0 Å². The van der Waals surface area contributed by atoms with E-state index in [1.807, 2.05) is 81.1 Å². The van der Waals surface area contributed by atoms with Crippen molar-refractivity contribution < 1.29 is 4.79 Å². The van der Waals surface area contributed by atoms with Gasteiger partial charge in [-0.25, -0.2) is 4.98 Å². The number of fused-ring (bicyclic) bond motifs is 1. The lowest BCUT2D eigenvalue weighted by atomic mass is 9.93. The third-order valence-corrected chi connectivity index (χ3v) is 5.71. The third-order valence-electron chi connectivity index (χ3n) is 5.71. The van der Waals surface area contributed by atoms with Crippen LogP contribution in [0.4, 0.5) is 0 Å². The van der Waals surface area contributed by atoms with Crippen molar-refractivity contribution in [3.63, 3.8) is 0 Å². The van der Waals surface area contributed by atoms with Gasteiger partial charge in [0.2, 0.25) is 5.91 Å². The van der Waals surface area contributed by atoms with Crippen molar-refractivity contribution in [2.45, 2.75) is 46.7 Å². The molecule has 160 valence electrons. The molecule has 1 aliphatic heterocycles. The molecule has 0 bridgehead atoms. The highest BCUT2D eigenvalue weighted by molar-refractivity contribution is 5.81. The van der Waals surface area contributed by atoms with E-state index in [9.17, 15) is 9.59 Å². The van der Waals surface area contributed by atoms with Gasteiger partial charge in [-0.05, 0) is 31.0 Å². The lowest BCUT2D eigenvalue weighted by Gasteiger charge is -2.33. The summed E-state index contributed by atoms with van der Waals surface area (Å²) in [5, 5.41) is 0. The van der Waals surface area contributed by atoms with Gasteiger partial charge in [0.25, 0.3) is 5.56 Å². The van der Waals surface area contributed by atoms with Gasteiger partial charge in [0.15, 0.2) is 0 Å². The molecule has 1 aliphatic rings. The van der Waals surface area contributed by atoms with Gasteiger partial charge in [-0.2, -0.15) is 0 Å². The number of nitrogens with zero attached hydrogens (tertiary/aromatic N) is 4. The minimum absolute atomic E-state index is 0.0511. The van der Waals surface area contributed by atoms with Crippen LogP contribution in [0, 0.1) is 12.3 Å². The summed E-state index contributed by atoms with van der Waals surface area (Å²) >= 11 is 0. The number of aromatic nitrogens is 3. The van der Waals surface area contributed by atoms with E-state index >= 15 is 0 Å². The number of hydrogen-bond acceptors (Lipinski definition) is 4. The smallest absolute Gasteiger partial charge is 0.257 e. The van der Waals surface area contributed by atoms with Crippen molar-refractivity contribution >= 4 is 5.91 Å². The van der Waals surface area contributed by atoms with Gasteiger partial charge in [-0.3, -0.25) is 19.1 Å². The summed E-state index contributed by atoms with van der Waals surface area (Å²) in [5.74, 6) is 0.700. The van der Waals surface area contributed by atoms with Gasteiger partial charge in [-0.15, -0.1) is 0 Å². The fourth-order valence-corrected chi connectivity index (χ4v) is 4.20. The molecule has 1 atom stereocenters. The summed E-state index contributed by atoms with van der Waals surface area (Å²) in [6, 6.07) is 15.3. The van der Waals surface area contributed by atoms with Crippen molar-refractivity contribution in [1.82, 2.24) is 19.4 Å². The molecule has 2 aromatic heterocycles. The molecule has 6 heteroatoms. The fraction of sp³-hybridized carbons (Fsp3) is 0.360. The van der Waals surface area contributed by atoms with Crippen molar-refractivity contribution in [1.29, 1.82) is 0 Å². The average Bonchev–Trinajstić information content (AvgIpc) is 2.76. The largest absolute Gasteiger partial charge is 0.336 e. The second-order valence-corrected chi connectivity index (χ2v) is 9.05. The average molecular weight is 417 g/mol. The predicted octanol–water partition coefficient (Wildman–Crippen LogP) is 3.52. The molecule has 0 fully saturated rings. The maximum atomic E-state index is 13.7. The third kappa shape index (κ3) is 4.02. The Bertz CT molecular complexity index is 1110. The Hall–Kier alpha value is -3.28. The lowest BCUT2D eigenvalue weighted by Crippen LogP contribution is -2.45. The zero-order valence-electron chi connectivity index (χ0n) is 18.5. The molecule has 0 spiro atoms. The van der Waals surface area contributed by atoms with E-state index in [2.05, 4.69) is 4.98 Å². The number of carbonyl (C=O) groups excluding carboxylic acids is 1. The van der Waals surface area contributed by atoms with Crippen LogP contribution in [-0.4, -0.2) is 31.9 Å². The summed E-state index contributed by atoms with van der Waals surface area (Å²) in [6.45, 7) is 8.51. The molecule has 3 heterocycles. The lowest BCUT2D eigenvalue weighted by molar-refractivity contribution is -0.140. The quantitative estimate of drug-likeness (QED) is 0.655. The molecule has 6 nitrogen and oxygen atoms in total. The van der Waals surface area contributed by atoms with Crippen LogP contribution in [0.25, 0.3) is 0 Å². The second-order valence-electron chi connectivity index (χ2n) is 9.05. The van der Waals surface area contributed by atoms with E-state index in [1.54, 1.807) is 10.8 Å². The number of aryl methyl sites for hydroxylation is 1. The zero-order chi connectivity index (χ0) is 22.2. The highest BCUT2D eigenvalue weighted by atomic mass is 16.2. The van der Waals surface area contributed by atoms with Gasteiger partial charge in [0, 0.05) is 23.7 Å². The molecule has 31 heavy (non-hydrogen) atoms. The molecule has 1 unspecified atom stereocenters. The monoisotopic (exact) mass is 416 g/mol. The summed E-state index contributed by atoms with van der Waals surface area (Å²) in [5.41, 5.74) is 2.66. The summed E-state index contributed by atoms with van der Waals surface area (Å²) in [6.07, 6.45) is 2.25. The van der Waals surface area contributed by atoms with Crippen LogP contribution in [0.5, 0.6) is 0 Å². The van der Waals surface area contributed by atoms with Gasteiger partial charge in [-0.1, -0.05) is 57.2 Å². The maximum Gasteiger partial charge on any atom is 0.257 e. The Balaban J connectivity index is 1.81. The Morgan fingerprint density at radius 3 is 2.42 bits per heavy atom. The molecule has 3 aromatic rings. The van der Waals surface area contributed by atoms with Crippen molar-refractivity contribution in [3.8, 4) is 0 Å². The minimum Gasteiger partial charge on any atom is -0.336 e. The standard InChI is InChI=1S/C25H28N4O2/c1-17-27-21-16-28(24(31)25(2,3)4)15-13-19(21)23(30)29(17)22(18-10-6-5-7-11-18)20-12-8-9-14-26-20/h5-12,14,22H,13,15-16H2,1-4H3. The molecule has 0 N–H and O–H groups in total. The summed E-state index contributed by atoms with van der Waals surface area (Å²) < 4.78 is 1.75. The Labute approximate surface area is 182 Å². The first-order valence-electron chi connectivity index (χ1n) is 10.6. The minimum atomic E-state index is -0.459. The first-order chi connectivity index (χ1) is 14.8. The van der Waals surface area contributed by atoms with Crippen LogP contribution in [0.15, 0.2) is 59.5 Å². The molecular weight excluding hydrogens is 388 g/mol. The first-order valence-corrected chi connectivity index (χ1v) is 10.6. The maximum absolute atomic E-state index is 13.7. The van der Waals surface area contributed by atoms with Crippen LogP contribution in [0.2, 0.25) is 0 Å². The van der Waals surface area contributed by atoms with Crippen LogP contribution < -0.4 is 5.56 Å². The second kappa shape index (κ2) is 8.10. The summed E-state index contributed by atoms with van der Waals surface area (Å²) in [4.78, 5) is 37.6. The molecule has 0 saturated carbocycles. The molecular formula is C25H28N4O2. The normalized spacial score (nSPS) is 14.8. The van der Waals surface area contributed by atoms with E-state index in [4.69, 9.17) is 4.98 Å².